The third-order valence-electron chi connectivity index (χ3n) is 0.571. The van der Waals surface area contributed by atoms with Crippen molar-refractivity contribution in [3.63, 3.8) is 0 Å². The van der Waals surface area contributed by atoms with Gasteiger partial charge in [0.1, 0.15) is 6.10 Å². The summed E-state index contributed by atoms with van der Waals surface area (Å²) in [7, 11) is -4.55. The highest BCUT2D eigenvalue weighted by Gasteiger charge is 2.15. The van der Waals surface area contributed by atoms with Crippen molar-refractivity contribution in [1.29, 1.82) is 0 Å². The van der Waals surface area contributed by atoms with Crippen LogP contribution in [0.3, 0.4) is 0 Å². The molecule has 0 saturated carbocycles. The van der Waals surface area contributed by atoms with Crippen LogP contribution in [0, 0.1) is 0 Å². The van der Waals surface area contributed by atoms with E-state index in [1.807, 2.05) is 0 Å². The normalized spacial score (nSPS) is 14.7. The molecule has 60 valence electrons. The molecule has 6 nitrogen and oxygen atoms in total. The van der Waals surface area contributed by atoms with Gasteiger partial charge in [-0.15, -0.1) is 0 Å². The number of aldehydes is 1. The van der Waals surface area contributed by atoms with Crippen molar-refractivity contribution in [2.75, 3.05) is 6.61 Å². The van der Waals surface area contributed by atoms with Gasteiger partial charge in [-0.25, -0.2) is 4.57 Å². The fourth-order valence-electron chi connectivity index (χ4n) is 0.213. The Hall–Kier alpha value is -0.260. The van der Waals surface area contributed by atoms with E-state index in [2.05, 4.69) is 4.52 Å². The maximum Gasteiger partial charge on any atom is 0.469 e. The van der Waals surface area contributed by atoms with Gasteiger partial charge in [0.2, 0.25) is 0 Å². The molecule has 0 aromatic heterocycles. The minimum Gasteiger partial charge on any atom is -0.383 e. The SMILES string of the molecule is O=C[C@H](O)[13CH2]OP(=O)(O)O. The Labute approximate surface area is 56.7 Å². The second-order valence-electron chi connectivity index (χ2n) is 1.49. The molecule has 0 aliphatic carbocycles. The van der Waals surface area contributed by atoms with Crippen LogP contribution in [0.15, 0.2) is 0 Å². The quantitative estimate of drug-likeness (QED) is 0.274. The molecular formula is C3H7O6P. The zero-order valence-corrected chi connectivity index (χ0v) is 5.77. The Morgan fingerprint density at radius 3 is 2.40 bits per heavy atom. The highest BCUT2D eigenvalue weighted by atomic mass is 31.2. The number of hydrogen-bond acceptors (Lipinski definition) is 4. The van der Waals surface area contributed by atoms with Crippen LogP contribution in [0.5, 0.6) is 0 Å². The molecule has 10 heavy (non-hydrogen) atoms. The monoisotopic (exact) mass is 171 g/mol. The van der Waals surface area contributed by atoms with Crippen molar-refractivity contribution in [3.8, 4) is 0 Å². The lowest BCUT2D eigenvalue weighted by atomic mass is 10.6. The molecule has 0 radical (unpaired) electrons. The van der Waals surface area contributed by atoms with Gasteiger partial charge in [-0.05, 0) is 0 Å². The molecule has 0 saturated heterocycles. The van der Waals surface area contributed by atoms with E-state index < -0.39 is 20.5 Å². The Morgan fingerprint density at radius 1 is 1.60 bits per heavy atom. The van der Waals surface area contributed by atoms with E-state index >= 15 is 0 Å². The molecule has 0 aromatic carbocycles. The Balaban J connectivity index is 3.55. The average Bonchev–Trinajstić information content (AvgIpc) is 1.81. The molecule has 0 fully saturated rings. The summed E-state index contributed by atoms with van der Waals surface area (Å²) in [6.07, 6.45) is -1.36. The molecule has 0 rings (SSSR count). The number of aliphatic hydroxyl groups is 1. The van der Waals surface area contributed by atoms with Gasteiger partial charge in [0.25, 0.3) is 0 Å². The van der Waals surface area contributed by atoms with Crippen LogP contribution in [0.4, 0.5) is 0 Å². The van der Waals surface area contributed by atoms with Crippen molar-refractivity contribution in [2.24, 2.45) is 0 Å². The van der Waals surface area contributed by atoms with Crippen LogP contribution < -0.4 is 0 Å². The third-order valence-corrected chi connectivity index (χ3v) is 1.06. The first-order valence-electron chi connectivity index (χ1n) is 2.29. The van der Waals surface area contributed by atoms with Crippen molar-refractivity contribution in [2.45, 2.75) is 6.10 Å². The predicted octanol–water partition coefficient (Wildman–Crippen LogP) is -1.34. The summed E-state index contributed by atoms with van der Waals surface area (Å²) < 4.78 is 13.7. The zero-order chi connectivity index (χ0) is 8.20. The van der Waals surface area contributed by atoms with Crippen molar-refractivity contribution in [3.05, 3.63) is 0 Å². The number of carbonyl (C=O) groups excluding carboxylic acids is 1. The van der Waals surface area contributed by atoms with Gasteiger partial charge in [0.15, 0.2) is 6.29 Å². The van der Waals surface area contributed by atoms with Gasteiger partial charge in [0.05, 0.1) is 6.61 Å². The van der Waals surface area contributed by atoms with Crippen LogP contribution in [0.25, 0.3) is 0 Å². The summed E-state index contributed by atoms with van der Waals surface area (Å²) in [5.41, 5.74) is 0. The summed E-state index contributed by atoms with van der Waals surface area (Å²) in [5.74, 6) is 0. The average molecular weight is 171 g/mol. The summed E-state index contributed by atoms with van der Waals surface area (Å²) in [6.45, 7) is -0.687. The smallest absolute Gasteiger partial charge is 0.383 e. The lowest BCUT2D eigenvalue weighted by Gasteiger charge is -2.04. The first kappa shape index (κ1) is 9.74. The van der Waals surface area contributed by atoms with Crippen LogP contribution in [-0.4, -0.2) is 33.9 Å². The van der Waals surface area contributed by atoms with E-state index in [0.717, 1.165) is 0 Å². The Kier molecular flexibility index (Phi) is 3.70. The van der Waals surface area contributed by atoms with Crippen LogP contribution in [-0.2, 0) is 13.9 Å². The van der Waals surface area contributed by atoms with Crippen LogP contribution in [0.1, 0.15) is 0 Å². The summed E-state index contributed by atoms with van der Waals surface area (Å²) >= 11 is 0. The maximum atomic E-state index is 9.90. The number of phosphoric ester groups is 1. The highest BCUT2D eigenvalue weighted by molar-refractivity contribution is 7.46. The summed E-state index contributed by atoms with van der Waals surface area (Å²) in [5, 5.41) is 8.38. The topological polar surface area (TPSA) is 104 Å². The predicted molar refractivity (Wildman–Crippen MR) is 30.1 cm³/mol. The Morgan fingerprint density at radius 2 is 2.10 bits per heavy atom. The molecule has 3 N–H and O–H groups in total. The number of rotatable bonds is 4. The summed E-state index contributed by atoms with van der Waals surface area (Å²) in [6, 6.07) is 0. The summed E-state index contributed by atoms with van der Waals surface area (Å²) in [4.78, 5) is 25.7. The largest absolute Gasteiger partial charge is 0.469 e. The minimum absolute atomic E-state index is 0.121. The van der Waals surface area contributed by atoms with Crippen LogP contribution >= 0.6 is 7.82 Å². The fourth-order valence-corrected chi connectivity index (χ4v) is 0.560. The first-order chi connectivity index (χ1) is 4.45. The molecule has 0 unspecified atom stereocenters. The first-order valence-corrected chi connectivity index (χ1v) is 3.82. The maximum absolute atomic E-state index is 9.90. The van der Waals surface area contributed by atoms with Crippen molar-refractivity contribution >= 4 is 14.1 Å². The molecule has 0 aromatic rings. The van der Waals surface area contributed by atoms with Crippen LogP contribution in [0.2, 0.25) is 0 Å². The fraction of sp³-hybridized carbons (Fsp3) is 0.667. The molecule has 0 spiro atoms. The molecule has 0 aliphatic heterocycles. The lowest BCUT2D eigenvalue weighted by molar-refractivity contribution is -0.116. The van der Waals surface area contributed by atoms with Gasteiger partial charge < -0.3 is 19.7 Å². The zero-order valence-electron chi connectivity index (χ0n) is 4.88. The van der Waals surface area contributed by atoms with Gasteiger partial charge >= 0.3 is 7.82 Å². The van der Waals surface area contributed by atoms with E-state index in [1.54, 1.807) is 0 Å². The molecule has 0 heterocycles. The molecule has 0 aliphatic rings. The number of aliphatic hydroxyl groups excluding tert-OH is 1. The Bertz CT molecular complexity index is 149. The highest BCUT2D eigenvalue weighted by Crippen LogP contribution is 2.35. The van der Waals surface area contributed by atoms with Gasteiger partial charge in [-0.2, -0.15) is 0 Å². The number of carbonyl (C=O) groups is 1. The molecule has 7 heteroatoms. The minimum atomic E-state index is -4.55. The molecule has 0 bridgehead atoms. The molecule has 0 amide bonds. The van der Waals surface area contributed by atoms with E-state index in [-0.39, 0.29) is 6.29 Å². The van der Waals surface area contributed by atoms with E-state index in [1.165, 1.54) is 0 Å². The third kappa shape index (κ3) is 5.87. The van der Waals surface area contributed by atoms with E-state index in [9.17, 15) is 9.36 Å². The standard InChI is InChI=1S/C3H7O6P/c4-1-3(5)2-9-10(6,7)8/h1,3,5H,2H2,(H2,6,7,8)/t3-/m0/s1/i2+1. The van der Waals surface area contributed by atoms with Gasteiger partial charge in [-0.3, -0.25) is 4.52 Å². The lowest BCUT2D eigenvalue weighted by Crippen LogP contribution is -2.15. The molecule has 1 atom stereocenters. The van der Waals surface area contributed by atoms with Gasteiger partial charge in [0, 0.05) is 0 Å². The van der Waals surface area contributed by atoms with Crippen molar-refractivity contribution < 1.29 is 28.8 Å². The number of phosphoric acid groups is 1. The van der Waals surface area contributed by atoms with Crippen molar-refractivity contribution in [1.82, 2.24) is 0 Å². The molecular weight excluding hydrogens is 164 g/mol. The number of hydrogen-bond donors (Lipinski definition) is 3. The van der Waals surface area contributed by atoms with Gasteiger partial charge in [-0.1, -0.05) is 0 Å². The van der Waals surface area contributed by atoms with E-state index in [0.29, 0.717) is 0 Å². The second-order valence-corrected chi connectivity index (χ2v) is 2.73. The second kappa shape index (κ2) is 3.80. The van der Waals surface area contributed by atoms with E-state index in [4.69, 9.17) is 14.9 Å².